The van der Waals surface area contributed by atoms with Gasteiger partial charge in [0.1, 0.15) is 0 Å². The highest BCUT2D eigenvalue weighted by atomic mass is 127. The fourth-order valence-corrected chi connectivity index (χ4v) is 1.29. The summed E-state index contributed by atoms with van der Waals surface area (Å²) < 4.78 is 1.14. The minimum Gasteiger partial charge on any atom is -0.0928 e. The number of hydrogen-bond acceptors (Lipinski definition) is 0. The Hall–Kier alpha value is 0.950. The molecule has 0 saturated heterocycles. The Kier molecular flexibility index (Phi) is 9.89. The van der Waals surface area contributed by atoms with Crippen molar-refractivity contribution in [3.8, 4) is 0 Å². The van der Waals surface area contributed by atoms with E-state index in [1.165, 1.54) is 19.3 Å². The van der Waals surface area contributed by atoms with Crippen molar-refractivity contribution >= 4 is 38.5 Å². The maximum absolute atomic E-state index is 3.39. The quantitative estimate of drug-likeness (QED) is 0.315. The highest BCUT2D eigenvalue weighted by Crippen LogP contribution is 1.99. The molecule has 0 heterocycles. The molecule has 0 nitrogen and oxygen atoms in total. The molecule has 9 heavy (non-hydrogen) atoms. The zero-order chi connectivity index (χ0) is 6.95. The average Bonchev–Trinajstić information content (AvgIpc) is 1.89. The minimum atomic E-state index is 1.14. The van der Waals surface area contributed by atoms with E-state index in [1.54, 1.807) is 0 Å². The first-order valence-corrected chi connectivity index (χ1v) is 5.83. The first-order chi connectivity index (χ1) is 4.41. The van der Waals surface area contributed by atoms with Crippen LogP contribution in [0.15, 0.2) is 12.2 Å². The molecule has 0 aliphatic rings. The number of halogens is 2. The van der Waals surface area contributed by atoms with Gasteiger partial charge in [0, 0.05) is 9.76 Å². The summed E-state index contributed by atoms with van der Waals surface area (Å²) in [4.78, 5) is 0. The summed E-state index contributed by atoms with van der Waals surface area (Å²) in [5.74, 6) is 0. The monoisotopic (exact) mass is 302 g/mol. The summed E-state index contributed by atoms with van der Waals surface area (Å²) >= 11 is 5.75. The summed E-state index contributed by atoms with van der Waals surface area (Å²) in [6.07, 6.45) is 8.34. The highest BCUT2D eigenvalue weighted by molar-refractivity contribution is 14.1. The van der Waals surface area contributed by atoms with Crippen LogP contribution in [0.2, 0.25) is 0 Å². The van der Waals surface area contributed by atoms with Gasteiger partial charge in [-0.1, -0.05) is 50.7 Å². The van der Waals surface area contributed by atoms with E-state index in [0.29, 0.717) is 0 Å². The van der Waals surface area contributed by atoms with Crippen LogP contribution in [-0.4, -0.2) is 9.76 Å². The van der Waals surface area contributed by atoms with Gasteiger partial charge in [0.15, 0.2) is 0 Å². The predicted molar refractivity (Wildman–Crippen MR) is 55.7 cm³/mol. The molecular weight excluding hydrogens is 291 g/mol. The summed E-state index contributed by atoms with van der Waals surface area (Å²) in [5.41, 5.74) is 0. The van der Waals surface area contributed by atoms with Crippen LogP contribution in [0.5, 0.6) is 0 Å². The molecule has 0 aromatic heterocycles. The Labute approximate surface area is 79.4 Å². The van der Waals surface area contributed by atoms with Gasteiger partial charge in [0.2, 0.25) is 0 Å². The third-order valence-electron chi connectivity index (χ3n) is 1.01. The summed E-state index contributed by atoms with van der Waals surface area (Å²) in [6.45, 7) is 0. The summed E-state index contributed by atoms with van der Waals surface area (Å²) in [6, 6.07) is 0. The standard InChI is InChI=1S/C7H12BrI/c8-6-4-2-1-3-5-7-9/h3,5H,1-2,4,6-7H2. The first-order valence-electron chi connectivity index (χ1n) is 3.18. The first kappa shape index (κ1) is 9.95. The minimum absolute atomic E-state index is 1.14. The molecule has 0 amide bonds. The zero-order valence-corrected chi connectivity index (χ0v) is 9.19. The predicted octanol–water partition coefficient (Wildman–Crippen LogP) is 3.54. The third kappa shape index (κ3) is 8.95. The topological polar surface area (TPSA) is 0 Å². The molecule has 0 aliphatic carbocycles. The van der Waals surface area contributed by atoms with Crippen molar-refractivity contribution in [1.29, 1.82) is 0 Å². The van der Waals surface area contributed by atoms with Crippen LogP contribution in [0.1, 0.15) is 19.3 Å². The van der Waals surface area contributed by atoms with Crippen molar-refractivity contribution in [2.75, 3.05) is 9.76 Å². The maximum Gasteiger partial charge on any atom is 0.0175 e. The largest absolute Gasteiger partial charge is 0.0928 e. The molecule has 0 saturated carbocycles. The van der Waals surface area contributed by atoms with E-state index in [4.69, 9.17) is 0 Å². The smallest absolute Gasteiger partial charge is 0.0175 e. The van der Waals surface area contributed by atoms with Crippen LogP contribution < -0.4 is 0 Å². The van der Waals surface area contributed by atoms with Crippen molar-refractivity contribution in [2.45, 2.75) is 19.3 Å². The van der Waals surface area contributed by atoms with E-state index < -0.39 is 0 Å². The third-order valence-corrected chi connectivity index (χ3v) is 2.08. The van der Waals surface area contributed by atoms with Crippen LogP contribution in [0, 0.1) is 0 Å². The molecule has 0 unspecified atom stereocenters. The van der Waals surface area contributed by atoms with E-state index in [9.17, 15) is 0 Å². The molecule has 0 bridgehead atoms. The number of rotatable bonds is 5. The van der Waals surface area contributed by atoms with Gasteiger partial charge in [-0.15, -0.1) is 0 Å². The molecule has 2 heteroatoms. The molecule has 0 N–H and O–H groups in total. The lowest BCUT2D eigenvalue weighted by Gasteiger charge is -1.88. The highest BCUT2D eigenvalue weighted by Gasteiger charge is 1.80. The maximum atomic E-state index is 3.39. The van der Waals surface area contributed by atoms with Crippen LogP contribution >= 0.6 is 38.5 Å². The van der Waals surface area contributed by atoms with Gasteiger partial charge in [0.25, 0.3) is 0 Å². The number of unbranched alkanes of at least 4 members (excludes halogenated alkanes) is 2. The van der Waals surface area contributed by atoms with Gasteiger partial charge in [-0.2, -0.15) is 0 Å². The molecule has 0 fully saturated rings. The fourth-order valence-electron chi connectivity index (χ4n) is 0.538. The molecule has 0 atom stereocenters. The molecule has 0 aliphatic heterocycles. The SMILES string of the molecule is BrCCCCC=CCI. The Morgan fingerprint density at radius 2 is 2.00 bits per heavy atom. The van der Waals surface area contributed by atoms with Gasteiger partial charge in [-0.3, -0.25) is 0 Å². The Morgan fingerprint density at radius 1 is 1.22 bits per heavy atom. The lowest BCUT2D eigenvalue weighted by Crippen LogP contribution is -1.73. The normalized spacial score (nSPS) is 10.9. The number of alkyl halides is 2. The number of hydrogen-bond donors (Lipinski definition) is 0. The van der Waals surface area contributed by atoms with Gasteiger partial charge in [0.05, 0.1) is 0 Å². The molecule has 54 valence electrons. The molecule has 0 spiro atoms. The van der Waals surface area contributed by atoms with Crippen LogP contribution in [0.3, 0.4) is 0 Å². The average molecular weight is 303 g/mol. The van der Waals surface area contributed by atoms with E-state index in [-0.39, 0.29) is 0 Å². The van der Waals surface area contributed by atoms with Crippen molar-refractivity contribution in [3.63, 3.8) is 0 Å². The molecular formula is C7H12BrI. The second-order valence-corrected chi connectivity index (χ2v) is 3.48. The summed E-state index contributed by atoms with van der Waals surface area (Å²) in [7, 11) is 0. The van der Waals surface area contributed by atoms with Gasteiger partial charge < -0.3 is 0 Å². The van der Waals surface area contributed by atoms with Crippen molar-refractivity contribution in [2.24, 2.45) is 0 Å². The lowest BCUT2D eigenvalue weighted by molar-refractivity contribution is 0.826. The van der Waals surface area contributed by atoms with Gasteiger partial charge in [-0.05, 0) is 19.3 Å². The van der Waals surface area contributed by atoms with Crippen molar-refractivity contribution in [3.05, 3.63) is 12.2 Å². The zero-order valence-electron chi connectivity index (χ0n) is 5.45. The second-order valence-electron chi connectivity index (χ2n) is 1.81. The van der Waals surface area contributed by atoms with Gasteiger partial charge in [-0.25, -0.2) is 0 Å². The second kappa shape index (κ2) is 8.95. The van der Waals surface area contributed by atoms with Crippen molar-refractivity contribution in [1.82, 2.24) is 0 Å². The molecule has 0 radical (unpaired) electrons. The van der Waals surface area contributed by atoms with Gasteiger partial charge >= 0.3 is 0 Å². The van der Waals surface area contributed by atoms with E-state index >= 15 is 0 Å². The van der Waals surface area contributed by atoms with Crippen molar-refractivity contribution < 1.29 is 0 Å². The van der Waals surface area contributed by atoms with E-state index in [2.05, 4.69) is 50.7 Å². The lowest BCUT2D eigenvalue weighted by atomic mass is 10.2. The Morgan fingerprint density at radius 3 is 2.56 bits per heavy atom. The fraction of sp³-hybridized carbons (Fsp3) is 0.714. The van der Waals surface area contributed by atoms with E-state index in [0.717, 1.165) is 9.76 Å². The molecule has 0 rings (SSSR count). The molecule has 0 aromatic carbocycles. The van der Waals surface area contributed by atoms with E-state index in [1.807, 2.05) is 0 Å². The molecule has 0 aromatic rings. The number of allylic oxidation sites excluding steroid dienone is 2. The Bertz CT molecular complexity index is 71.3. The Balaban J connectivity index is 2.82. The van der Waals surface area contributed by atoms with Crippen LogP contribution in [0.4, 0.5) is 0 Å². The summed E-state index contributed by atoms with van der Waals surface area (Å²) in [5, 5.41) is 1.14. The van der Waals surface area contributed by atoms with Crippen LogP contribution in [0.25, 0.3) is 0 Å². The van der Waals surface area contributed by atoms with Crippen LogP contribution in [-0.2, 0) is 0 Å².